The zero-order valence-corrected chi connectivity index (χ0v) is 14.5. The van der Waals surface area contributed by atoms with E-state index in [2.05, 4.69) is 20.9 Å². The Morgan fingerprint density at radius 2 is 1.96 bits per heavy atom. The van der Waals surface area contributed by atoms with Crippen LogP contribution in [0.4, 0.5) is 5.69 Å². The quantitative estimate of drug-likeness (QED) is 0.826. The summed E-state index contributed by atoms with van der Waals surface area (Å²) in [6, 6.07) is 9.56. The normalized spacial score (nSPS) is 14.3. The fourth-order valence-electron chi connectivity index (χ4n) is 2.82. The molecule has 0 aliphatic carbocycles. The number of aromatic nitrogens is 2. The summed E-state index contributed by atoms with van der Waals surface area (Å²) in [5, 5.41) is 0. The number of rotatable bonds is 5. The minimum atomic E-state index is -0.0892. The Morgan fingerprint density at radius 1 is 1.16 bits per heavy atom. The molecule has 0 unspecified atom stereocenters. The lowest BCUT2D eigenvalue weighted by Crippen LogP contribution is -2.49. The summed E-state index contributed by atoms with van der Waals surface area (Å²) >= 11 is 0. The predicted molar refractivity (Wildman–Crippen MR) is 94.3 cm³/mol. The van der Waals surface area contributed by atoms with E-state index in [1.165, 1.54) is 6.33 Å². The number of benzene rings is 1. The van der Waals surface area contributed by atoms with Crippen LogP contribution >= 0.6 is 0 Å². The molecule has 1 amide bonds. The molecule has 1 aliphatic rings. The van der Waals surface area contributed by atoms with Crippen LogP contribution in [0.5, 0.6) is 11.6 Å². The van der Waals surface area contributed by atoms with Crippen molar-refractivity contribution in [2.45, 2.75) is 6.92 Å². The molecule has 1 aromatic carbocycles. The summed E-state index contributed by atoms with van der Waals surface area (Å²) in [6.07, 6.45) is 1.37. The molecule has 0 saturated carbocycles. The number of ether oxygens (including phenoxy) is 2. The molecule has 1 fully saturated rings. The van der Waals surface area contributed by atoms with Crippen molar-refractivity contribution in [1.82, 2.24) is 14.9 Å². The summed E-state index contributed by atoms with van der Waals surface area (Å²) in [4.78, 5) is 24.8. The van der Waals surface area contributed by atoms with Crippen molar-refractivity contribution < 1.29 is 14.3 Å². The van der Waals surface area contributed by atoms with Crippen molar-refractivity contribution in [2.24, 2.45) is 0 Å². The SMILES string of the molecule is CCOc1cc(C(=O)N2CCN(c3cccc(OC)c3)CC2)ncn1. The van der Waals surface area contributed by atoms with Gasteiger partial charge in [0.1, 0.15) is 17.8 Å². The zero-order chi connectivity index (χ0) is 17.6. The molecule has 25 heavy (non-hydrogen) atoms. The highest BCUT2D eigenvalue weighted by molar-refractivity contribution is 5.92. The van der Waals surface area contributed by atoms with Gasteiger partial charge in [-0.3, -0.25) is 4.79 Å². The van der Waals surface area contributed by atoms with E-state index >= 15 is 0 Å². The van der Waals surface area contributed by atoms with Crippen LogP contribution in [-0.2, 0) is 0 Å². The van der Waals surface area contributed by atoms with Gasteiger partial charge < -0.3 is 19.3 Å². The molecule has 0 bridgehead atoms. The number of hydrogen-bond donors (Lipinski definition) is 0. The number of amides is 1. The molecule has 7 heteroatoms. The highest BCUT2D eigenvalue weighted by Gasteiger charge is 2.23. The van der Waals surface area contributed by atoms with Gasteiger partial charge in [-0.2, -0.15) is 0 Å². The molecule has 132 valence electrons. The molecule has 3 rings (SSSR count). The van der Waals surface area contributed by atoms with Crippen LogP contribution in [0.15, 0.2) is 36.7 Å². The Bertz CT molecular complexity index is 730. The van der Waals surface area contributed by atoms with Gasteiger partial charge in [-0.15, -0.1) is 0 Å². The van der Waals surface area contributed by atoms with Crippen molar-refractivity contribution in [1.29, 1.82) is 0 Å². The first kappa shape index (κ1) is 17.0. The van der Waals surface area contributed by atoms with E-state index < -0.39 is 0 Å². The van der Waals surface area contributed by atoms with E-state index in [-0.39, 0.29) is 5.91 Å². The number of hydrogen-bond acceptors (Lipinski definition) is 6. The second-order valence-electron chi connectivity index (χ2n) is 5.66. The molecular formula is C18H22N4O3. The topological polar surface area (TPSA) is 67.8 Å². The monoisotopic (exact) mass is 342 g/mol. The maximum absolute atomic E-state index is 12.6. The van der Waals surface area contributed by atoms with Gasteiger partial charge in [0.2, 0.25) is 5.88 Å². The van der Waals surface area contributed by atoms with Gasteiger partial charge >= 0.3 is 0 Å². The van der Waals surface area contributed by atoms with Crippen molar-refractivity contribution in [3.05, 3.63) is 42.4 Å². The van der Waals surface area contributed by atoms with Crippen LogP contribution in [0.2, 0.25) is 0 Å². The molecule has 0 N–H and O–H groups in total. The van der Waals surface area contributed by atoms with E-state index in [1.54, 1.807) is 13.2 Å². The minimum Gasteiger partial charge on any atom is -0.497 e. The summed E-state index contributed by atoms with van der Waals surface area (Å²) in [6.45, 7) is 5.20. The number of carbonyl (C=O) groups is 1. The molecule has 1 aliphatic heterocycles. The van der Waals surface area contributed by atoms with E-state index in [9.17, 15) is 4.79 Å². The maximum Gasteiger partial charge on any atom is 0.272 e. The highest BCUT2D eigenvalue weighted by Crippen LogP contribution is 2.22. The predicted octanol–water partition coefficient (Wildman–Crippen LogP) is 1.85. The molecule has 0 atom stereocenters. The number of piperazine rings is 1. The molecule has 2 aromatic rings. The minimum absolute atomic E-state index is 0.0892. The second kappa shape index (κ2) is 7.83. The smallest absolute Gasteiger partial charge is 0.272 e. The van der Waals surface area contributed by atoms with Gasteiger partial charge in [0, 0.05) is 44.0 Å². The van der Waals surface area contributed by atoms with E-state index in [0.29, 0.717) is 31.3 Å². The van der Waals surface area contributed by atoms with Crippen LogP contribution in [0.25, 0.3) is 0 Å². The van der Waals surface area contributed by atoms with Crippen LogP contribution in [0, 0.1) is 0 Å². The molecule has 1 saturated heterocycles. The van der Waals surface area contributed by atoms with Gasteiger partial charge in [-0.05, 0) is 19.1 Å². The standard InChI is InChI=1S/C18H22N4O3/c1-3-25-17-12-16(19-13-20-17)18(23)22-9-7-21(8-10-22)14-5-4-6-15(11-14)24-2/h4-6,11-13H,3,7-10H2,1-2H3. The van der Waals surface area contributed by atoms with Gasteiger partial charge in [-0.25, -0.2) is 9.97 Å². The number of anilines is 1. The molecule has 1 aromatic heterocycles. The first-order valence-electron chi connectivity index (χ1n) is 8.34. The Balaban J connectivity index is 1.63. The van der Waals surface area contributed by atoms with Crippen LogP contribution in [0.3, 0.4) is 0 Å². The van der Waals surface area contributed by atoms with Crippen LogP contribution in [-0.4, -0.2) is 60.7 Å². The highest BCUT2D eigenvalue weighted by atomic mass is 16.5. The Morgan fingerprint density at radius 3 is 2.68 bits per heavy atom. The lowest BCUT2D eigenvalue weighted by atomic mass is 10.2. The third-order valence-corrected chi connectivity index (χ3v) is 4.14. The average Bonchev–Trinajstić information content (AvgIpc) is 2.68. The van der Waals surface area contributed by atoms with Crippen molar-refractivity contribution in [3.63, 3.8) is 0 Å². The number of carbonyl (C=O) groups excluding carboxylic acids is 1. The zero-order valence-electron chi connectivity index (χ0n) is 14.5. The van der Waals surface area contributed by atoms with Crippen molar-refractivity contribution in [2.75, 3.05) is 44.8 Å². The lowest BCUT2D eigenvalue weighted by Gasteiger charge is -2.36. The van der Waals surface area contributed by atoms with Crippen LogP contribution in [0.1, 0.15) is 17.4 Å². The molecule has 2 heterocycles. The Labute approximate surface area is 147 Å². The third kappa shape index (κ3) is 3.99. The fraction of sp³-hybridized carbons (Fsp3) is 0.389. The summed E-state index contributed by atoms with van der Waals surface area (Å²) in [5.74, 6) is 1.17. The average molecular weight is 342 g/mol. The fourth-order valence-corrected chi connectivity index (χ4v) is 2.82. The largest absolute Gasteiger partial charge is 0.497 e. The summed E-state index contributed by atoms with van der Waals surface area (Å²) in [7, 11) is 1.66. The Hall–Kier alpha value is -2.83. The Kier molecular flexibility index (Phi) is 5.33. The number of nitrogens with zero attached hydrogens (tertiary/aromatic N) is 4. The molecule has 0 spiro atoms. The van der Waals surface area contributed by atoms with Gasteiger partial charge in [0.25, 0.3) is 5.91 Å². The van der Waals surface area contributed by atoms with Crippen molar-refractivity contribution in [3.8, 4) is 11.6 Å². The first-order chi connectivity index (χ1) is 12.2. The van der Waals surface area contributed by atoms with E-state index in [4.69, 9.17) is 9.47 Å². The molecular weight excluding hydrogens is 320 g/mol. The van der Waals surface area contributed by atoms with Gasteiger partial charge in [0.15, 0.2) is 0 Å². The number of methoxy groups -OCH3 is 1. The molecule has 7 nitrogen and oxygen atoms in total. The summed E-state index contributed by atoms with van der Waals surface area (Å²) < 4.78 is 10.6. The second-order valence-corrected chi connectivity index (χ2v) is 5.66. The maximum atomic E-state index is 12.6. The lowest BCUT2D eigenvalue weighted by molar-refractivity contribution is 0.0740. The van der Waals surface area contributed by atoms with Gasteiger partial charge in [-0.1, -0.05) is 6.07 Å². The van der Waals surface area contributed by atoms with E-state index in [0.717, 1.165) is 24.5 Å². The van der Waals surface area contributed by atoms with Crippen molar-refractivity contribution >= 4 is 11.6 Å². The summed E-state index contributed by atoms with van der Waals surface area (Å²) in [5.41, 5.74) is 1.47. The van der Waals surface area contributed by atoms with Crippen LogP contribution < -0.4 is 14.4 Å². The van der Waals surface area contributed by atoms with E-state index in [1.807, 2.05) is 30.0 Å². The first-order valence-corrected chi connectivity index (χ1v) is 8.34. The molecule has 0 radical (unpaired) electrons. The third-order valence-electron chi connectivity index (χ3n) is 4.14. The van der Waals surface area contributed by atoms with Gasteiger partial charge in [0.05, 0.1) is 13.7 Å².